The van der Waals surface area contributed by atoms with Crippen LogP contribution in [0.1, 0.15) is 22.6 Å². The number of hydrogen-bond acceptors (Lipinski definition) is 3. The Balaban J connectivity index is 2.09. The summed E-state index contributed by atoms with van der Waals surface area (Å²) in [4.78, 5) is 7.76. The van der Waals surface area contributed by atoms with Gasteiger partial charge in [-0.3, -0.25) is 0 Å². The van der Waals surface area contributed by atoms with E-state index in [0.717, 1.165) is 26.9 Å². The molecule has 21 heavy (non-hydrogen) atoms. The van der Waals surface area contributed by atoms with Crippen molar-refractivity contribution in [1.82, 2.24) is 9.97 Å². The van der Waals surface area contributed by atoms with Crippen LogP contribution in [0.2, 0.25) is 0 Å². The first-order valence-electron chi connectivity index (χ1n) is 6.80. The molecule has 2 aromatic heterocycles. The van der Waals surface area contributed by atoms with Crippen LogP contribution in [0.5, 0.6) is 5.88 Å². The zero-order valence-corrected chi connectivity index (χ0v) is 12.3. The largest absolute Gasteiger partial charge is 0.616 e. The molecule has 0 aliphatic carbocycles. The van der Waals surface area contributed by atoms with E-state index in [-0.39, 0.29) is 5.88 Å². The van der Waals surface area contributed by atoms with Gasteiger partial charge in [-0.1, -0.05) is 18.2 Å². The Bertz CT molecular complexity index is 809. The van der Waals surface area contributed by atoms with Gasteiger partial charge in [0.15, 0.2) is 5.69 Å². The van der Waals surface area contributed by atoms with Crippen molar-refractivity contribution in [3.05, 3.63) is 58.3 Å². The van der Waals surface area contributed by atoms with E-state index in [9.17, 15) is 5.21 Å². The van der Waals surface area contributed by atoms with Crippen LogP contribution in [0, 0.1) is 19.1 Å². The topological polar surface area (TPSA) is 64.8 Å². The molecule has 0 radical (unpaired) electrons. The molecule has 0 saturated heterocycles. The highest BCUT2D eigenvalue weighted by Gasteiger charge is 2.21. The number of methoxy groups -OCH3 is 1. The van der Waals surface area contributed by atoms with Crippen molar-refractivity contribution in [2.75, 3.05) is 7.11 Å². The average Bonchev–Trinajstić information content (AvgIpc) is 2.89. The van der Waals surface area contributed by atoms with E-state index in [1.807, 2.05) is 31.3 Å². The van der Waals surface area contributed by atoms with Crippen molar-refractivity contribution in [1.29, 1.82) is 0 Å². The minimum absolute atomic E-state index is 0.267. The fourth-order valence-corrected chi connectivity index (χ4v) is 2.52. The molecule has 1 aromatic carbocycles. The van der Waals surface area contributed by atoms with Crippen molar-refractivity contribution < 1.29 is 9.47 Å². The lowest BCUT2D eigenvalue weighted by atomic mass is 10.1. The summed E-state index contributed by atoms with van der Waals surface area (Å²) in [7, 11) is 1.50. The van der Waals surface area contributed by atoms with Gasteiger partial charge in [0.25, 0.3) is 0 Å². The quantitative estimate of drug-likeness (QED) is 0.593. The SMILES string of the molecule is COc1c(Cc2c[nH]c3ccccc23)nc(C)c(C)[n+]1[O-]. The molecule has 0 aliphatic heterocycles. The number of hydrogen-bond donors (Lipinski definition) is 1. The molecule has 0 amide bonds. The van der Waals surface area contributed by atoms with Crippen molar-refractivity contribution in [2.24, 2.45) is 0 Å². The van der Waals surface area contributed by atoms with Crippen LogP contribution in [-0.2, 0) is 6.42 Å². The number of rotatable bonds is 3. The molecule has 0 fully saturated rings. The van der Waals surface area contributed by atoms with E-state index in [1.165, 1.54) is 7.11 Å². The Kier molecular flexibility index (Phi) is 3.25. The standard InChI is InChI=1S/C16H17N3O2/c1-10-11(2)19(20)16(21-3)15(18-10)8-12-9-17-14-7-5-4-6-13(12)14/h4-7,9,17H,8H2,1-3H3. The highest BCUT2D eigenvalue weighted by Crippen LogP contribution is 2.23. The first-order valence-corrected chi connectivity index (χ1v) is 6.80. The summed E-state index contributed by atoms with van der Waals surface area (Å²) in [6, 6.07) is 8.07. The van der Waals surface area contributed by atoms with Crippen molar-refractivity contribution in [2.45, 2.75) is 20.3 Å². The lowest BCUT2D eigenvalue weighted by Crippen LogP contribution is -2.35. The van der Waals surface area contributed by atoms with Gasteiger partial charge in [-0.25, -0.2) is 4.98 Å². The van der Waals surface area contributed by atoms with Crippen LogP contribution in [-0.4, -0.2) is 17.1 Å². The maximum absolute atomic E-state index is 12.2. The smallest absolute Gasteiger partial charge is 0.402 e. The third kappa shape index (κ3) is 2.20. The number of aromatic nitrogens is 3. The first-order chi connectivity index (χ1) is 10.1. The maximum Gasteiger partial charge on any atom is 0.402 e. The lowest BCUT2D eigenvalue weighted by Gasteiger charge is -2.11. The molecule has 2 heterocycles. The third-order valence-electron chi connectivity index (χ3n) is 3.79. The van der Waals surface area contributed by atoms with Gasteiger partial charge < -0.3 is 14.9 Å². The van der Waals surface area contributed by atoms with Crippen LogP contribution < -0.4 is 9.47 Å². The second-order valence-electron chi connectivity index (χ2n) is 5.07. The van der Waals surface area contributed by atoms with E-state index in [2.05, 4.69) is 16.0 Å². The predicted molar refractivity (Wildman–Crippen MR) is 80.3 cm³/mol. The van der Waals surface area contributed by atoms with Crippen LogP contribution >= 0.6 is 0 Å². The Hall–Kier alpha value is -2.56. The lowest BCUT2D eigenvalue weighted by molar-refractivity contribution is -0.620. The molecular formula is C16H17N3O2. The summed E-state index contributed by atoms with van der Waals surface area (Å²) in [5, 5.41) is 13.3. The number of nitrogens with zero attached hydrogens (tertiary/aromatic N) is 2. The summed E-state index contributed by atoms with van der Waals surface area (Å²) < 4.78 is 6.06. The third-order valence-corrected chi connectivity index (χ3v) is 3.79. The minimum Gasteiger partial charge on any atom is -0.616 e. The summed E-state index contributed by atoms with van der Waals surface area (Å²) in [5.74, 6) is 0.267. The molecule has 3 rings (SSSR count). The number of aryl methyl sites for hydroxylation is 1. The Morgan fingerprint density at radius 3 is 2.81 bits per heavy atom. The molecule has 5 heteroatoms. The van der Waals surface area contributed by atoms with Crippen molar-refractivity contribution in [3.63, 3.8) is 0 Å². The molecule has 0 bridgehead atoms. The zero-order valence-electron chi connectivity index (χ0n) is 12.3. The predicted octanol–water partition coefficient (Wildman–Crippen LogP) is 2.41. The van der Waals surface area contributed by atoms with Gasteiger partial charge in [0.2, 0.25) is 5.69 Å². The normalized spacial score (nSPS) is 11.0. The van der Waals surface area contributed by atoms with E-state index >= 15 is 0 Å². The van der Waals surface area contributed by atoms with E-state index in [4.69, 9.17) is 4.74 Å². The highest BCUT2D eigenvalue weighted by atomic mass is 16.5. The molecule has 3 aromatic rings. The average molecular weight is 283 g/mol. The van der Waals surface area contributed by atoms with Gasteiger partial charge >= 0.3 is 5.88 Å². The summed E-state index contributed by atoms with van der Waals surface area (Å²) in [5.41, 5.74) is 4.11. The van der Waals surface area contributed by atoms with E-state index < -0.39 is 0 Å². The highest BCUT2D eigenvalue weighted by molar-refractivity contribution is 5.83. The molecular weight excluding hydrogens is 266 g/mol. The molecule has 0 spiro atoms. The maximum atomic E-state index is 12.2. The summed E-state index contributed by atoms with van der Waals surface area (Å²) in [6.07, 6.45) is 2.51. The number of aromatic amines is 1. The molecule has 108 valence electrons. The fourth-order valence-electron chi connectivity index (χ4n) is 2.52. The molecule has 0 saturated carbocycles. The van der Waals surface area contributed by atoms with Gasteiger partial charge in [-0.2, -0.15) is 0 Å². The van der Waals surface area contributed by atoms with Crippen LogP contribution in [0.4, 0.5) is 0 Å². The second-order valence-corrected chi connectivity index (χ2v) is 5.07. The molecule has 0 atom stereocenters. The summed E-state index contributed by atoms with van der Waals surface area (Å²) >= 11 is 0. The van der Waals surface area contributed by atoms with Gasteiger partial charge in [0.05, 0.1) is 7.11 Å². The molecule has 1 N–H and O–H groups in total. The van der Waals surface area contributed by atoms with Gasteiger partial charge in [0.1, 0.15) is 5.69 Å². The Morgan fingerprint density at radius 1 is 1.29 bits per heavy atom. The van der Waals surface area contributed by atoms with Crippen LogP contribution in [0.3, 0.4) is 0 Å². The first kappa shape index (κ1) is 13.4. The van der Waals surface area contributed by atoms with Gasteiger partial charge in [0, 0.05) is 30.4 Å². The van der Waals surface area contributed by atoms with Crippen molar-refractivity contribution >= 4 is 10.9 Å². The fraction of sp³-hybridized carbons (Fsp3) is 0.250. The number of ether oxygens (including phenoxy) is 1. The van der Waals surface area contributed by atoms with Crippen LogP contribution in [0.25, 0.3) is 10.9 Å². The van der Waals surface area contributed by atoms with Crippen molar-refractivity contribution in [3.8, 4) is 5.88 Å². The van der Waals surface area contributed by atoms with E-state index in [0.29, 0.717) is 17.8 Å². The van der Waals surface area contributed by atoms with E-state index in [1.54, 1.807) is 6.92 Å². The number of benzene rings is 1. The molecule has 0 aliphatic rings. The number of para-hydroxylation sites is 1. The van der Waals surface area contributed by atoms with Gasteiger partial charge in [-0.15, -0.1) is 4.73 Å². The molecule has 5 nitrogen and oxygen atoms in total. The zero-order chi connectivity index (χ0) is 15.0. The molecule has 0 unspecified atom stereocenters. The number of H-pyrrole nitrogens is 1. The monoisotopic (exact) mass is 283 g/mol. The van der Waals surface area contributed by atoms with Gasteiger partial charge in [-0.05, 0) is 18.6 Å². The van der Waals surface area contributed by atoms with Crippen LogP contribution in [0.15, 0.2) is 30.5 Å². The minimum atomic E-state index is 0.267. The Morgan fingerprint density at radius 2 is 2.05 bits per heavy atom. The number of nitrogens with one attached hydrogen (secondary N) is 1. The Labute approximate surface area is 122 Å². The summed E-state index contributed by atoms with van der Waals surface area (Å²) in [6.45, 7) is 3.58. The number of fused-ring (bicyclic) bond motifs is 1. The second kappa shape index (κ2) is 5.09.